The van der Waals surface area contributed by atoms with E-state index < -0.39 is 0 Å². The molecule has 4 nitrogen and oxygen atoms in total. The smallest absolute Gasteiger partial charge is 0.170 e. The molecule has 0 aliphatic heterocycles. The van der Waals surface area contributed by atoms with Gasteiger partial charge in [0.2, 0.25) is 0 Å². The number of pyridine rings is 1. The molecular formula is C12H8N2O2. The van der Waals surface area contributed by atoms with Crippen LogP contribution in [0.2, 0.25) is 0 Å². The molecule has 0 aliphatic rings. The van der Waals surface area contributed by atoms with Crippen LogP contribution >= 0.6 is 0 Å². The van der Waals surface area contributed by atoms with E-state index in [1.807, 2.05) is 6.07 Å². The zero-order valence-corrected chi connectivity index (χ0v) is 8.29. The molecule has 0 fully saturated rings. The molecule has 1 N–H and O–H groups in total. The van der Waals surface area contributed by atoms with Gasteiger partial charge in [-0.15, -0.1) is 0 Å². The number of aromatic hydroxyl groups is 1. The van der Waals surface area contributed by atoms with Gasteiger partial charge in [-0.2, -0.15) is 0 Å². The zero-order chi connectivity index (χ0) is 11.1. The molecule has 0 saturated heterocycles. The first-order valence-corrected chi connectivity index (χ1v) is 4.84. The standard InChI is InChI=1S/C12H8N2O2/c15-7-8-6-14-5-4-9-10(12(14)13-8)2-1-3-11(9)16/h1-7,16H. The Hall–Kier alpha value is -2.36. The van der Waals surface area contributed by atoms with Gasteiger partial charge >= 0.3 is 0 Å². The van der Waals surface area contributed by atoms with Crippen LogP contribution in [-0.4, -0.2) is 20.8 Å². The Labute approximate surface area is 90.8 Å². The van der Waals surface area contributed by atoms with E-state index in [2.05, 4.69) is 4.98 Å². The predicted octanol–water partition coefficient (Wildman–Crippen LogP) is 2.01. The quantitative estimate of drug-likeness (QED) is 0.628. The Bertz CT molecular complexity index is 701. The summed E-state index contributed by atoms with van der Waals surface area (Å²) in [5, 5.41) is 11.3. The van der Waals surface area contributed by atoms with Crippen molar-refractivity contribution in [3.05, 3.63) is 42.4 Å². The minimum absolute atomic E-state index is 0.218. The fraction of sp³-hybridized carbons (Fsp3) is 0. The summed E-state index contributed by atoms with van der Waals surface area (Å²) in [6.45, 7) is 0. The average molecular weight is 212 g/mol. The van der Waals surface area contributed by atoms with Gasteiger partial charge in [-0.25, -0.2) is 4.98 Å². The number of rotatable bonds is 1. The first kappa shape index (κ1) is 8.91. The predicted molar refractivity (Wildman–Crippen MR) is 59.8 cm³/mol. The van der Waals surface area contributed by atoms with Crippen LogP contribution in [0.4, 0.5) is 0 Å². The highest BCUT2D eigenvalue weighted by Crippen LogP contribution is 2.26. The molecule has 0 atom stereocenters. The maximum absolute atomic E-state index is 10.7. The molecule has 0 saturated carbocycles. The minimum atomic E-state index is 0.218. The van der Waals surface area contributed by atoms with Gasteiger partial charge in [-0.3, -0.25) is 4.79 Å². The van der Waals surface area contributed by atoms with Crippen molar-refractivity contribution in [2.75, 3.05) is 0 Å². The average Bonchev–Trinajstić information content (AvgIpc) is 2.72. The number of hydrogen-bond acceptors (Lipinski definition) is 3. The number of carbonyl (C=O) groups is 1. The van der Waals surface area contributed by atoms with E-state index in [-0.39, 0.29) is 5.75 Å². The maximum Gasteiger partial charge on any atom is 0.170 e. The summed E-state index contributed by atoms with van der Waals surface area (Å²) in [6.07, 6.45) is 4.14. The third-order valence-corrected chi connectivity index (χ3v) is 2.60. The first-order chi connectivity index (χ1) is 7.79. The third kappa shape index (κ3) is 1.10. The van der Waals surface area contributed by atoms with Gasteiger partial charge in [0.1, 0.15) is 17.1 Å². The van der Waals surface area contributed by atoms with E-state index >= 15 is 0 Å². The van der Waals surface area contributed by atoms with Crippen LogP contribution < -0.4 is 0 Å². The SMILES string of the molecule is O=Cc1cn2ccc3c(O)cccc3c2n1. The number of imidazole rings is 1. The number of nitrogens with zero attached hydrogens (tertiary/aromatic N) is 2. The zero-order valence-electron chi connectivity index (χ0n) is 8.29. The molecule has 0 aliphatic carbocycles. The van der Waals surface area contributed by atoms with Gasteiger partial charge in [0.25, 0.3) is 0 Å². The molecule has 2 heterocycles. The van der Waals surface area contributed by atoms with E-state index in [0.717, 1.165) is 10.8 Å². The fourth-order valence-corrected chi connectivity index (χ4v) is 1.86. The Morgan fingerprint density at radius 1 is 1.25 bits per heavy atom. The second-order valence-electron chi connectivity index (χ2n) is 3.57. The molecule has 78 valence electrons. The molecule has 0 amide bonds. The van der Waals surface area contributed by atoms with Gasteiger partial charge in [0, 0.05) is 23.2 Å². The van der Waals surface area contributed by atoms with Crippen molar-refractivity contribution < 1.29 is 9.90 Å². The van der Waals surface area contributed by atoms with E-state index in [0.29, 0.717) is 17.6 Å². The monoisotopic (exact) mass is 212 g/mol. The molecule has 0 unspecified atom stereocenters. The summed E-state index contributed by atoms with van der Waals surface area (Å²) >= 11 is 0. The lowest BCUT2D eigenvalue weighted by Crippen LogP contribution is -1.84. The van der Waals surface area contributed by atoms with Gasteiger partial charge in [-0.1, -0.05) is 12.1 Å². The fourth-order valence-electron chi connectivity index (χ4n) is 1.86. The summed E-state index contributed by atoms with van der Waals surface area (Å²) in [7, 11) is 0. The summed E-state index contributed by atoms with van der Waals surface area (Å²) in [4.78, 5) is 14.8. The van der Waals surface area contributed by atoms with Crippen molar-refractivity contribution in [1.82, 2.24) is 9.38 Å². The summed E-state index contributed by atoms with van der Waals surface area (Å²) in [5.41, 5.74) is 1.06. The van der Waals surface area contributed by atoms with Crippen molar-refractivity contribution in [3.8, 4) is 5.75 Å². The van der Waals surface area contributed by atoms with Crippen molar-refractivity contribution in [3.63, 3.8) is 0 Å². The number of phenolic OH excluding ortho intramolecular Hbond substituents is 1. The molecule has 0 radical (unpaired) electrons. The largest absolute Gasteiger partial charge is 0.507 e. The Balaban J connectivity index is 2.53. The summed E-state index contributed by atoms with van der Waals surface area (Å²) < 4.78 is 1.77. The molecule has 3 aromatic rings. The van der Waals surface area contributed by atoms with Crippen LogP contribution in [0.15, 0.2) is 36.7 Å². The van der Waals surface area contributed by atoms with Crippen molar-refractivity contribution >= 4 is 22.7 Å². The maximum atomic E-state index is 10.7. The van der Waals surface area contributed by atoms with Gasteiger partial charge in [-0.05, 0) is 12.1 Å². The number of fused-ring (bicyclic) bond motifs is 3. The normalized spacial score (nSPS) is 11.0. The van der Waals surface area contributed by atoms with Crippen molar-refractivity contribution in [2.45, 2.75) is 0 Å². The number of hydrogen-bond donors (Lipinski definition) is 1. The second-order valence-corrected chi connectivity index (χ2v) is 3.57. The van der Waals surface area contributed by atoms with Crippen molar-refractivity contribution in [2.24, 2.45) is 0 Å². The highest BCUT2D eigenvalue weighted by Gasteiger charge is 2.06. The van der Waals surface area contributed by atoms with Crippen molar-refractivity contribution in [1.29, 1.82) is 0 Å². The van der Waals surface area contributed by atoms with E-state index in [9.17, 15) is 9.90 Å². The number of aldehydes is 1. The summed E-state index contributed by atoms with van der Waals surface area (Å²) in [6, 6.07) is 7.05. The molecule has 16 heavy (non-hydrogen) atoms. The minimum Gasteiger partial charge on any atom is -0.507 e. The van der Waals surface area contributed by atoms with Crippen LogP contribution in [0, 0.1) is 0 Å². The van der Waals surface area contributed by atoms with Crippen LogP contribution in [0.5, 0.6) is 5.75 Å². The Morgan fingerprint density at radius 2 is 2.12 bits per heavy atom. The summed E-state index contributed by atoms with van der Waals surface area (Å²) in [5.74, 6) is 0.218. The topological polar surface area (TPSA) is 54.6 Å². The number of aromatic nitrogens is 2. The van der Waals surface area contributed by atoms with Gasteiger partial charge in [0.15, 0.2) is 6.29 Å². The van der Waals surface area contributed by atoms with Crippen LogP contribution in [0.3, 0.4) is 0 Å². The van der Waals surface area contributed by atoms with Crippen LogP contribution in [0.1, 0.15) is 10.5 Å². The third-order valence-electron chi connectivity index (χ3n) is 2.60. The molecule has 2 aromatic heterocycles. The molecule has 0 spiro atoms. The lowest BCUT2D eigenvalue weighted by Gasteiger charge is -2.01. The number of benzene rings is 1. The number of carbonyl (C=O) groups excluding carboxylic acids is 1. The van der Waals surface area contributed by atoms with Gasteiger partial charge < -0.3 is 9.51 Å². The van der Waals surface area contributed by atoms with Crippen LogP contribution in [0.25, 0.3) is 16.4 Å². The highest BCUT2D eigenvalue weighted by atomic mass is 16.3. The lowest BCUT2D eigenvalue weighted by atomic mass is 10.1. The van der Waals surface area contributed by atoms with E-state index in [4.69, 9.17) is 0 Å². The molecule has 4 heteroatoms. The molecular weight excluding hydrogens is 204 g/mol. The lowest BCUT2D eigenvalue weighted by molar-refractivity contribution is 0.111. The van der Waals surface area contributed by atoms with Crippen LogP contribution in [-0.2, 0) is 0 Å². The molecule has 3 rings (SSSR count). The number of phenols is 1. The van der Waals surface area contributed by atoms with E-state index in [1.54, 1.807) is 35.0 Å². The molecule has 1 aromatic carbocycles. The van der Waals surface area contributed by atoms with Gasteiger partial charge in [0.05, 0.1) is 0 Å². The Kier molecular flexibility index (Phi) is 1.71. The highest BCUT2D eigenvalue weighted by molar-refractivity contribution is 5.98. The first-order valence-electron chi connectivity index (χ1n) is 4.84. The molecule has 0 bridgehead atoms. The Morgan fingerprint density at radius 3 is 2.94 bits per heavy atom. The second kappa shape index (κ2) is 3.06. The van der Waals surface area contributed by atoms with E-state index in [1.165, 1.54) is 0 Å².